The Balaban J connectivity index is 2.14. The van der Waals surface area contributed by atoms with Crippen molar-refractivity contribution < 1.29 is 9.90 Å². The fourth-order valence-corrected chi connectivity index (χ4v) is 2.53. The summed E-state index contributed by atoms with van der Waals surface area (Å²) in [6.45, 7) is 1.76. The van der Waals surface area contributed by atoms with Crippen LogP contribution in [0.5, 0.6) is 0 Å². The summed E-state index contributed by atoms with van der Waals surface area (Å²) in [7, 11) is 0. The largest absolute Gasteiger partial charge is 0.384 e. The topological polar surface area (TPSA) is 78.0 Å². The Kier molecular flexibility index (Phi) is 4.93. The highest BCUT2D eigenvalue weighted by molar-refractivity contribution is 7.12. The monoisotopic (exact) mass is 289 g/mol. The van der Waals surface area contributed by atoms with Gasteiger partial charge in [-0.2, -0.15) is 0 Å². The standard InChI is InChI=1S/C14H15N3O2S/c1-2-11(13-15-6-7-16-13)17-14(19)12-10(4-3-8-18)5-9-20-12/h5-7,9,11,18H,2,8H2,1H3,(H,15,16)(H,17,19). The van der Waals surface area contributed by atoms with Crippen LogP contribution in [0, 0.1) is 11.8 Å². The Bertz CT molecular complexity index is 622. The predicted molar refractivity (Wildman–Crippen MR) is 77.4 cm³/mol. The van der Waals surface area contributed by atoms with Crippen LogP contribution in [0.1, 0.15) is 40.4 Å². The normalized spacial score (nSPS) is 11.5. The van der Waals surface area contributed by atoms with E-state index in [0.29, 0.717) is 10.4 Å². The van der Waals surface area contributed by atoms with Crippen LogP contribution in [-0.2, 0) is 0 Å². The summed E-state index contributed by atoms with van der Waals surface area (Å²) in [6.07, 6.45) is 4.13. The van der Waals surface area contributed by atoms with E-state index in [1.165, 1.54) is 11.3 Å². The number of nitrogens with zero attached hydrogens (tertiary/aromatic N) is 1. The van der Waals surface area contributed by atoms with Crippen LogP contribution in [0.2, 0.25) is 0 Å². The molecule has 0 aliphatic rings. The molecular weight excluding hydrogens is 274 g/mol. The van der Waals surface area contributed by atoms with E-state index >= 15 is 0 Å². The third-order valence-electron chi connectivity index (χ3n) is 2.74. The molecule has 2 aromatic rings. The van der Waals surface area contributed by atoms with Crippen molar-refractivity contribution in [3.05, 3.63) is 40.1 Å². The fourth-order valence-electron chi connectivity index (χ4n) is 1.77. The highest BCUT2D eigenvalue weighted by Gasteiger charge is 2.18. The Morgan fingerprint density at radius 2 is 2.50 bits per heavy atom. The average molecular weight is 289 g/mol. The maximum atomic E-state index is 12.3. The molecule has 0 aliphatic carbocycles. The lowest BCUT2D eigenvalue weighted by Crippen LogP contribution is -2.28. The number of hydrogen-bond acceptors (Lipinski definition) is 4. The number of aliphatic hydroxyl groups excluding tert-OH is 1. The van der Waals surface area contributed by atoms with Gasteiger partial charge in [0.25, 0.3) is 5.91 Å². The van der Waals surface area contributed by atoms with E-state index < -0.39 is 0 Å². The average Bonchev–Trinajstić information content (AvgIpc) is 3.13. The molecule has 6 heteroatoms. The second-order valence-corrected chi connectivity index (χ2v) is 4.95. The van der Waals surface area contributed by atoms with E-state index in [9.17, 15) is 4.79 Å². The van der Waals surface area contributed by atoms with E-state index in [0.717, 1.165) is 12.2 Å². The highest BCUT2D eigenvalue weighted by Crippen LogP contribution is 2.18. The number of aromatic nitrogens is 2. The van der Waals surface area contributed by atoms with Gasteiger partial charge in [-0.15, -0.1) is 11.3 Å². The number of H-pyrrole nitrogens is 1. The number of imidazole rings is 1. The van der Waals surface area contributed by atoms with Gasteiger partial charge in [-0.3, -0.25) is 4.79 Å². The molecule has 0 saturated carbocycles. The molecule has 0 aromatic carbocycles. The molecule has 5 nitrogen and oxygen atoms in total. The van der Waals surface area contributed by atoms with Gasteiger partial charge in [0.15, 0.2) is 0 Å². The van der Waals surface area contributed by atoms with Crippen molar-refractivity contribution in [2.24, 2.45) is 0 Å². The maximum absolute atomic E-state index is 12.3. The van der Waals surface area contributed by atoms with Crippen molar-refractivity contribution in [1.82, 2.24) is 15.3 Å². The van der Waals surface area contributed by atoms with Gasteiger partial charge in [0.1, 0.15) is 17.3 Å². The van der Waals surface area contributed by atoms with Gasteiger partial charge in [-0.25, -0.2) is 4.98 Å². The van der Waals surface area contributed by atoms with E-state index in [4.69, 9.17) is 5.11 Å². The molecule has 1 amide bonds. The summed E-state index contributed by atoms with van der Waals surface area (Å²) in [4.78, 5) is 20.0. The Hall–Kier alpha value is -2.10. The number of nitrogens with one attached hydrogen (secondary N) is 2. The van der Waals surface area contributed by atoms with Gasteiger partial charge in [0.05, 0.1) is 6.04 Å². The first-order valence-electron chi connectivity index (χ1n) is 6.23. The molecule has 0 radical (unpaired) electrons. The van der Waals surface area contributed by atoms with Crippen LogP contribution < -0.4 is 5.32 Å². The number of amides is 1. The highest BCUT2D eigenvalue weighted by atomic mass is 32.1. The van der Waals surface area contributed by atoms with E-state index in [2.05, 4.69) is 27.1 Å². The second kappa shape index (κ2) is 6.89. The Labute approximate surface area is 121 Å². The van der Waals surface area contributed by atoms with Crippen molar-refractivity contribution in [1.29, 1.82) is 0 Å². The van der Waals surface area contributed by atoms with Crippen LogP contribution in [0.25, 0.3) is 0 Å². The van der Waals surface area contributed by atoms with Gasteiger partial charge in [0, 0.05) is 18.0 Å². The number of aliphatic hydroxyl groups is 1. The number of carbonyl (C=O) groups excluding carboxylic acids is 1. The molecule has 0 bridgehead atoms. The molecule has 1 atom stereocenters. The molecule has 0 spiro atoms. The summed E-state index contributed by atoms with van der Waals surface area (Å²) < 4.78 is 0. The molecule has 104 valence electrons. The van der Waals surface area contributed by atoms with E-state index in [1.807, 2.05) is 12.3 Å². The van der Waals surface area contributed by atoms with Gasteiger partial charge in [0.2, 0.25) is 0 Å². The van der Waals surface area contributed by atoms with Crippen molar-refractivity contribution >= 4 is 17.2 Å². The van der Waals surface area contributed by atoms with Crippen LogP contribution in [0.3, 0.4) is 0 Å². The first kappa shape index (κ1) is 14.3. The minimum Gasteiger partial charge on any atom is -0.384 e. The van der Waals surface area contributed by atoms with Gasteiger partial charge in [-0.05, 0) is 17.9 Å². The number of aromatic amines is 1. The smallest absolute Gasteiger partial charge is 0.263 e. The summed E-state index contributed by atoms with van der Waals surface area (Å²) in [6, 6.07) is 1.62. The molecule has 0 aliphatic heterocycles. The van der Waals surface area contributed by atoms with Crippen LogP contribution in [0.15, 0.2) is 23.8 Å². The van der Waals surface area contributed by atoms with Crippen LogP contribution in [0.4, 0.5) is 0 Å². The molecule has 0 fully saturated rings. The lowest BCUT2D eigenvalue weighted by atomic mass is 10.2. The summed E-state index contributed by atoms with van der Waals surface area (Å²) >= 11 is 1.33. The Morgan fingerprint density at radius 1 is 1.65 bits per heavy atom. The maximum Gasteiger partial charge on any atom is 0.263 e. The lowest BCUT2D eigenvalue weighted by Gasteiger charge is -2.14. The van der Waals surface area contributed by atoms with E-state index in [-0.39, 0.29) is 18.6 Å². The van der Waals surface area contributed by atoms with Gasteiger partial charge < -0.3 is 15.4 Å². The molecule has 3 N–H and O–H groups in total. The van der Waals surface area contributed by atoms with Gasteiger partial charge >= 0.3 is 0 Å². The third kappa shape index (κ3) is 3.26. The number of hydrogen-bond donors (Lipinski definition) is 3. The van der Waals surface area contributed by atoms with Crippen molar-refractivity contribution in [3.8, 4) is 11.8 Å². The van der Waals surface area contributed by atoms with Crippen molar-refractivity contribution in [2.45, 2.75) is 19.4 Å². The first-order valence-corrected chi connectivity index (χ1v) is 7.11. The van der Waals surface area contributed by atoms with Crippen LogP contribution in [-0.4, -0.2) is 27.6 Å². The fraction of sp³-hybridized carbons (Fsp3) is 0.286. The molecule has 2 rings (SSSR count). The van der Waals surface area contributed by atoms with Gasteiger partial charge in [-0.1, -0.05) is 18.8 Å². The third-order valence-corrected chi connectivity index (χ3v) is 3.65. The minimum atomic E-state index is -0.221. The quantitative estimate of drug-likeness (QED) is 0.750. The predicted octanol–water partition coefficient (Wildman–Crippen LogP) is 1.70. The molecular formula is C14H15N3O2S. The van der Waals surface area contributed by atoms with Crippen LogP contribution >= 0.6 is 11.3 Å². The summed E-state index contributed by atoms with van der Waals surface area (Å²) in [5.74, 6) is 5.89. The van der Waals surface area contributed by atoms with E-state index in [1.54, 1.807) is 18.5 Å². The minimum absolute atomic E-state index is 0.154. The number of rotatable bonds is 4. The summed E-state index contributed by atoms with van der Waals surface area (Å²) in [5, 5.41) is 13.5. The SMILES string of the molecule is CCC(NC(=O)c1sccc1C#CCO)c1ncc[nH]1. The van der Waals surface area contributed by atoms with Crippen molar-refractivity contribution in [3.63, 3.8) is 0 Å². The number of carbonyl (C=O) groups is 1. The Morgan fingerprint density at radius 3 is 3.15 bits per heavy atom. The first-order chi connectivity index (χ1) is 9.76. The zero-order chi connectivity index (χ0) is 14.4. The zero-order valence-corrected chi connectivity index (χ0v) is 11.8. The molecule has 2 aromatic heterocycles. The summed E-state index contributed by atoms with van der Waals surface area (Å²) in [5.41, 5.74) is 0.635. The van der Waals surface area contributed by atoms with Crippen molar-refractivity contribution in [2.75, 3.05) is 6.61 Å². The second-order valence-electron chi connectivity index (χ2n) is 4.03. The molecule has 20 heavy (non-hydrogen) atoms. The molecule has 2 heterocycles. The molecule has 1 unspecified atom stereocenters. The number of thiophene rings is 1. The lowest BCUT2D eigenvalue weighted by molar-refractivity contribution is 0.0938. The molecule has 0 saturated heterocycles. The zero-order valence-electron chi connectivity index (χ0n) is 11.0.